The van der Waals surface area contributed by atoms with Crippen LogP contribution in [0.3, 0.4) is 0 Å². The van der Waals surface area contributed by atoms with Crippen LogP contribution in [0.2, 0.25) is 0 Å². The third-order valence-electron chi connectivity index (χ3n) is 3.47. The van der Waals surface area contributed by atoms with E-state index in [4.69, 9.17) is 0 Å². The topological polar surface area (TPSA) is 32.3 Å². The molecule has 1 aliphatic heterocycles. The van der Waals surface area contributed by atoms with Crippen molar-refractivity contribution in [2.75, 3.05) is 20.1 Å². The second kappa shape index (κ2) is 5.32. The predicted molar refractivity (Wildman–Crippen MR) is 68.4 cm³/mol. The SMILES string of the molecule is CC1CNCC1C(=O)N(C)Cc1ccccc1. The van der Waals surface area contributed by atoms with Gasteiger partial charge in [0, 0.05) is 20.1 Å². The number of hydrogen-bond donors (Lipinski definition) is 1. The van der Waals surface area contributed by atoms with E-state index in [1.165, 1.54) is 5.56 Å². The summed E-state index contributed by atoms with van der Waals surface area (Å²) < 4.78 is 0. The Morgan fingerprint density at radius 1 is 1.35 bits per heavy atom. The maximum atomic E-state index is 12.2. The van der Waals surface area contributed by atoms with Gasteiger partial charge in [-0.2, -0.15) is 0 Å². The molecule has 1 amide bonds. The van der Waals surface area contributed by atoms with Crippen molar-refractivity contribution in [1.29, 1.82) is 0 Å². The van der Waals surface area contributed by atoms with Crippen LogP contribution in [0.25, 0.3) is 0 Å². The molecule has 2 rings (SSSR count). The highest BCUT2D eigenvalue weighted by Crippen LogP contribution is 2.18. The molecule has 1 aliphatic rings. The van der Waals surface area contributed by atoms with Crippen molar-refractivity contribution in [3.63, 3.8) is 0 Å². The van der Waals surface area contributed by atoms with Gasteiger partial charge in [0.25, 0.3) is 0 Å². The Labute approximate surface area is 103 Å². The third kappa shape index (κ3) is 2.86. The summed E-state index contributed by atoms with van der Waals surface area (Å²) >= 11 is 0. The molecule has 1 aromatic rings. The first kappa shape index (κ1) is 12.1. The fourth-order valence-electron chi connectivity index (χ4n) is 2.36. The number of rotatable bonds is 3. The average molecular weight is 232 g/mol. The molecule has 2 unspecified atom stereocenters. The lowest BCUT2D eigenvalue weighted by Crippen LogP contribution is -2.35. The van der Waals surface area contributed by atoms with Crippen molar-refractivity contribution < 1.29 is 4.79 Å². The Balaban J connectivity index is 1.96. The fourth-order valence-corrected chi connectivity index (χ4v) is 2.36. The highest BCUT2D eigenvalue weighted by Gasteiger charge is 2.31. The van der Waals surface area contributed by atoms with Gasteiger partial charge in [-0.15, -0.1) is 0 Å². The van der Waals surface area contributed by atoms with Gasteiger partial charge in [-0.3, -0.25) is 4.79 Å². The largest absolute Gasteiger partial charge is 0.341 e. The quantitative estimate of drug-likeness (QED) is 0.856. The molecule has 2 atom stereocenters. The number of nitrogens with one attached hydrogen (secondary N) is 1. The molecule has 1 fully saturated rings. The molecule has 92 valence electrons. The van der Waals surface area contributed by atoms with Crippen LogP contribution < -0.4 is 5.32 Å². The zero-order valence-corrected chi connectivity index (χ0v) is 10.5. The number of hydrogen-bond acceptors (Lipinski definition) is 2. The molecule has 0 bridgehead atoms. The zero-order valence-electron chi connectivity index (χ0n) is 10.5. The van der Waals surface area contributed by atoms with Gasteiger partial charge in [-0.1, -0.05) is 37.3 Å². The second-order valence-corrected chi connectivity index (χ2v) is 4.92. The lowest BCUT2D eigenvalue weighted by molar-refractivity contribution is -0.135. The van der Waals surface area contributed by atoms with Crippen molar-refractivity contribution in [2.45, 2.75) is 13.5 Å². The average Bonchev–Trinajstić information content (AvgIpc) is 2.76. The minimum absolute atomic E-state index is 0.142. The molecule has 0 radical (unpaired) electrons. The second-order valence-electron chi connectivity index (χ2n) is 4.92. The van der Waals surface area contributed by atoms with Crippen LogP contribution in [-0.4, -0.2) is 30.9 Å². The van der Waals surface area contributed by atoms with Gasteiger partial charge in [-0.05, 0) is 18.0 Å². The highest BCUT2D eigenvalue weighted by molar-refractivity contribution is 5.79. The molecular formula is C14H20N2O. The van der Waals surface area contributed by atoms with E-state index >= 15 is 0 Å². The summed E-state index contributed by atoms with van der Waals surface area (Å²) in [4.78, 5) is 14.1. The molecule has 0 aliphatic carbocycles. The number of carbonyl (C=O) groups excluding carboxylic acids is 1. The van der Waals surface area contributed by atoms with Crippen molar-refractivity contribution in [3.05, 3.63) is 35.9 Å². The van der Waals surface area contributed by atoms with Crippen molar-refractivity contribution in [3.8, 4) is 0 Å². The summed E-state index contributed by atoms with van der Waals surface area (Å²) in [7, 11) is 1.89. The first-order valence-electron chi connectivity index (χ1n) is 6.18. The summed E-state index contributed by atoms with van der Waals surface area (Å²) in [5.41, 5.74) is 1.18. The van der Waals surface area contributed by atoms with Crippen LogP contribution >= 0.6 is 0 Å². The normalized spacial score (nSPS) is 23.6. The number of nitrogens with zero attached hydrogens (tertiary/aromatic N) is 1. The molecule has 0 saturated carbocycles. The molecule has 1 saturated heterocycles. The Hall–Kier alpha value is -1.35. The van der Waals surface area contributed by atoms with Crippen LogP contribution in [0, 0.1) is 11.8 Å². The first-order chi connectivity index (χ1) is 8.18. The molecule has 1 heterocycles. The Kier molecular flexibility index (Phi) is 3.79. The minimum Gasteiger partial charge on any atom is -0.341 e. The highest BCUT2D eigenvalue weighted by atomic mass is 16.2. The lowest BCUT2D eigenvalue weighted by atomic mass is 9.96. The molecule has 1 N–H and O–H groups in total. The van der Waals surface area contributed by atoms with E-state index < -0.39 is 0 Å². The van der Waals surface area contributed by atoms with E-state index in [0.29, 0.717) is 12.5 Å². The minimum atomic E-state index is 0.142. The van der Waals surface area contributed by atoms with Crippen molar-refractivity contribution in [2.24, 2.45) is 11.8 Å². The van der Waals surface area contributed by atoms with Crippen LogP contribution in [0.1, 0.15) is 12.5 Å². The summed E-state index contributed by atoms with van der Waals surface area (Å²) in [6.07, 6.45) is 0. The van der Waals surface area contributed by atoms with Gasteiger partial charge in [0.05, 0.1) is 5.92 Å². The molecule has 3 heteroatoms. The summed E-state index contributed by atoms with van der Waals surface area (Å²) in [6, 6.07) is 10.1. The van der Waals surface area contributed by atoms with Gasteiger partial charge in [0.2, 0.25) is 5.91 Å². The Morgan fingerprint density at radius 3 is 2.65 bits per heavy atom. The van der Waals surface area contributed by atoms with Crippen molar-refractivity contribution in [1.82, 2.24) is 10.2 Å². The Bertz CT molecular complexity index is 377. The van der Waals surface area contributed by atoms with E-state index in [9.17, 15) is 4.79 Å². The standard InChI is InChI=1S/C14H20N2O/c1-11-8-15-9-13(11)14(17)16(2)10-12-6-4-3-5-7-12/h3-7,11,13,15H,8-10H2,1-2H3. The van der Waals surface area contributed by atoms with Crippen LogP contribution in [0.15, 0.2) is 30.3 Å². The number of amides is 1. The molecule has 17 heavy (non-hydrogen) atoms. The third-order valence-corrected chi connectivity index (χ3v) is 3.47. The van der Waals surface area contributed by atoms with Crippen molar-refractivity contribution >= 4 is 5.91 Å². The summed E-state index contributed by atoms with van der Waals surface area (Å²) in [5.74, 6) is 0.843. The summed E-state index contributed by atoms with van der Waals surface area (Å²) in [6.45, 7) is 4.61. The van der Waals surface area contributed by atoms with Gasteiger partial charge in [0.15, 0.2) is 0 Å². The zero-order chi connectivity index (χ0) is 12.3. The molecule has 0 aromatic heterocycles. The molecule has 1 aromatic carbocycles. The van der Waals surface area contributed by atoms with E-state index in [0.717, 1.165) is 13.1 Å². The van der Waals surface area contributed by atoms with E-state index in [-0.39, 0.29) is 11.8 Å². The van der Waals surface area contributed by atoms with E-state index in [1.807, 2.05) is 30.1 Å². The lowest BCUT2D eigenvalue weighted by Gasteiger charge is -2.23. The predicted octanol–water partition coefficient (Wildman–Crippen LogP) is 1.50. The van der Waals surface area contributed by atoms with Gasteiger partial charge < -0.3 is 10.2 Å². The van der Waals surface area contributed by atoms with E-state index in [1.54, 1.807) is 0 Å². The maximum Gasteiger partial charge on any atom is 0.227 e. The monoisotopic (exact) mass is 232 g/mol. The first-order valence-corrected chi connectivity index (χ1v) is 6.18. The number of carbonyl (C=O) groups is 1. The van der Waals surface area contributed by atoms with Crippen LogP contribution in [0.5, 0.6) is 0 Å². The maximum absolute atomic E-state index is 12.2. The smallest absolute Gasteiger partial charge is 0.227 e. The summed E-state index contributed by atoms with van der Waals surface area (Å²) in [5, 5.41) is 3.27. The molecular weight excluding hydrogens is 212 g/mol. The number of benzene rings is 1. The van der Waals surface area contributed by atoms with Crippen LogP contribution in [0.4, 0.5) is 0 Å². The van der Waals surface area contributed by atoms with E-state index in [2.05, 4.69) is 24.4 Å². The molecule has 3 nitrogen and oxygen atoms in total. The van der Waals surface area contributed by atoms with Gasteiger partial charge in [-0.25, -0.2) is 0 Å². The molecule has 0 spiro atoms. The van der Waals surface area contributed by atoms with Crippen LogP contribution in [-0.2, 0) is 11.3 Å². The van der Waals surface area contributed by atoms with Gasteiger partial charge in [0.1, 0.15) is 0 Å². The Morgan fingerprint density at radius 2 is 2.06 bits per heavy atom. The fraction of sp³-hybridized carbons (Fsp3) is 0.500. The van der Waals surface area contributed by atoms with Gasteiger partial charge >= 0.3 is 0 Å².